The molecule has 0 bridgehead atoms. The Morgan fingerprint density at radius 3 is 2.58 bits per heavy atom. The third-order valence-corrected chi connectivity index (χ3v) is 3.41. The van der Waals surface area contributed by atoms with Crippen LogP contribution in [0, 0.1) is 12.8 Å². The van der Waals surface area contributed by atoms with Gasteiger partial charge in [-0.05, 0) is 44.2 Å². The van der Waals surface area contributed by atoms with E-state index in [1.807, 2.05) is 29.8 Å². The summed E-state index contributed by atoms with van der Waals surface area (Å²) in [4.78, 5) is 0. The molecule has 3 nitrogen and oxygen atoms in total. The second-order valence-corrected chi connectivity index (χ2v) is 5.04. The predicted molar refractivity (Wildman–Crippen MR) is 77.1 cm³/mol. The fourth-order valence-corrected chi connectivity index (χ4v) is 2.48. The molecule has 1 heterocycles. The maximum absolute atomic E-state index is 9.59. The number of aliphatic hydroxyl groups excluding tert-OH is 1. The summed E-state index contributed by atoms with van der Waals surface area (Å²) >= 11 is 0. The summed E-state index contributed by atoms with van der Waals surface area (Å²) < 4.78 is 2.03. The molecule has 1 unspecified atom stereocenters. The van der Waals surface area contributed by atoms with Gasteiger partial charge in [0.2, 0.25) is 0 Å². The third kappa shape index (κ3) is 3.67. The minimum atomic E-state index is 0.211. The van der Waals surface area contributed by atoms with Crippen LogP contribution in [0.2, 0.25) is 0 Å². The van der Waals surface area contributed by atoms with E-state index in [0.717, 1.165) is 25.1 Å². The highest BCUT2D eigenvalue weighted by atomic mass is 16.3. The Morgan fingerprint density at radius 1 is 1.21 bits per heavy atom. The lowest BCUT2D eigenvalue weighted by Gasteiger charge is -2.15. The van der Waals surface area contributed by atoms with Crippen LogP contribution in [-0.2, 0) is 19.4 Å². The lowest BCUT2D eigenvalue weighted by Crippen LogP contribution is -2.15. The lowest BCUT2D eigenvalue weighted by molar-refractivity contribution is 0.223. The molecule has 0 aliphatic rings. The zero-order chi connectivity index (χ0) is 13.7. The third-order valence-electron chi connectivity index (χ3n) is 3.41. The maximum Gasteiger partial charge on any atom is 0.0596 e. The van der Waals surface area contributed by atoms with E-state index in [9.17, 15) is 5.11 Å². The van der Waals surface area contributed by atoms with Crippen LogP contribution < -0.4 is 0 Å². The standard InChI is InChI=1S/C16H22N2O/c1-3-18-16(9-13(2)17-18)11-15(12-19)10-14-7-5-4-6-8-14/h4-9,15,19H,3,10-12H2,1-2H3. The summed E-state index contributed by atoms with van der Waals surface area (Å²) in [7, 11) is 0. The SMILES string of the molecule is CCn1nc(C)cc1CC(CO)Cc1ccccc1. The predicted octanol–water partition coefficient (Wildman–Crippen LogP) is 2.61. The van der Waals surface area contributed by atoms with E-state index in [2.05, 4.69) is 30.2 Å². The normalized spacial score (nSPS) is 12.6. The van der Waals surface area contributed by atoms with Crippen molar-refractivity contribution >= 4 is 0 Å². The molecule has 0 amide bonds. The van der Waals surface area contributed by atoms with Gasteiger partial charge in [0.05, 0.1) is 5.69 Å². The number of aromatic nitrogens is 2. The summed E-state index contributed by atoms with van der Waals surface area (Å²) in [6.07, 6.45) is 1.78. The van der Waals surface area contributed by atoms with Crippen molar-refractivity contribution in [2.24, 2.45) is 5.92 Å². The number of hydrogen-bond acceptors (Lipinski definition) is 2. The average Bonchev–Trinajstić information content (AvgIpc) is 2.79. The van der Waals surface area contributed by atoms with Gasteiger partial charge in [-0.2, -0.15) is 5.10 Å². The van der Waals surface area contributed by atoms with Crippen molar-refractivity contribution in [1.82, 2.24) is 9.78 Å². The molecule has 102 valence electrons. The van der Waals surface area contributed by atoms with Crippen LogP contribution in [-0.4, -0.2) is 21.5 Å². The fraction of sp³-hybridized carbons (Fsp3) is 0.438. The van der Waals surface area contributed by atoms with Gasteiger partial charge in [0.25, 0.3) is 0 Å². The Balaban J connectivity index is 2.06. The van der Waals surface area contributed by atoms with Gasteiger partial charge in [-0.15, -0.1) is 0 Å². The van der Waals surface area contributed by atoms with Crippen molar-refractivity contribution in [2.45, 2.75) is 33.2 Å². The molecule has 1 N–H and O–H groups in total. The van der Waals surface area contributed by atoms with Crippen LogP contribution in [0.4, 0.5) is 0 Å². The van der Waals surface area contributed by atoms with Crippen LogP contribution in [0.5, 0.6) is 0 Å². The molecule has 0 radical (unpaired) electrons. The van der Waals surface area contributed by atoms with E-state index in [1.165, 1.54) is 11.3 Å². The van der Waals surface area contributed by atoms with Gasteiger partial charge in [0.15, 0.2) is 0 Å². The quantitative estimate of drug-likeness (QED) is 0.865. The van der Waals surface area contributed by atoms with Gasteiger partial charge in [-0.1, -0.05) is 30.3 Å². The first-order valence-corrected chi connectivity index (χ1v) is 6.91. The number of nitrogens with zero attached hydrogens (tertiary/aromatic N) is 2. The first kappa shape index (κ1) is 13.8. The Morgan fingerprint density at radius 2 is 1.95 bits per heavy atom. The van der Waals surface area contributed by atoms with Gasteiger partial charge >= 0.3 is 0 Å². The summed E-state index contributed by atoms with van der Waals surface area (Å²) in [5.74, 6) is 0.254. The van der Waals surface area contributed by atoms with Crippen LogP contribution in [0.25, 0.3) is 0 Å². The van der Waals surface area contributed by atoms with Gasteiger partial charge in [-0.25, -0.2) is 0 Å². The average molecular weight is 258 g/mol. The van der Waals surface area contributed by atoms with E-state index in [0.29, 0.717) is 0 Å². The smallest absolute Gasteiger partial charge is 0.0596 e. The molecule has 2 rings (SSSR count). The van der Waals surface area contributed by atoms with E-state index in [-0.39, 0.29) is 12.5 Å². The highest BCUT2D eigenvalue weighted by molar-refractivity contribution is 5.16. The van der Waals surface area contributed by atoms with E-state index in [4.69, 9.17) is 0 Å². The number of hydrogen-bond donors (Lipinski definition) is 1. The minimum Gasteiger partial charge on any atom is -0.396 e. The van der Waals surface area contributed by atoms with Gasteiger partial charge in [0.1, 0.15) is 0 Å². The number of aryl methyl sites for hydroxylation is 2. The molecule has 0 spiro atoms. The van der Waals surface area contributed by atoms with Crippen LogP contribution >= 0.6 is 0 Å². The molecule has 3 heteroatoms. The molecular weight excluding hydrogens is 236 g/mol. The summed E-state index contributed by atoms with van der Waals surface area (Å²) in [6, 6.07) is 12.5. The molecule has 1 atom stereocenters. The topological polar surface area (TPSA) is 38.0 Å². The van der Waals surface area contributed by atoms with Crippen molar-refractivity contribution in [1.29, 1.82) is 0 Å². The molecule has 0 aliphatic heterocycles. The largest absolute Gasteiger partial charge is 0.396 e. The van der Waals surface area contributed by atoms with E-state index in [1.54, 1.807) is 0 Å². The van der Waals surface area contributed by atoms with Crippen LogP contribution in [0.1, 0.15) is 23.9 Å². The van der Waals surface area contributed by atoms with Crippen molar-refractivity contribution in [2.75, 3.05) is 6.61 Å². The zero-order valence-electron chi connectivity index (χ0n) is 11.7. The van der Waals surface area contributed by atoms with Crippen molar-refractivity contribution in [3.05, 3.63) is 53.3 Å². The second kappa shape index (κ2) is 6.53. The van der Waals surface area contributed by atoms with E-state index < -0.39 is 0 Å². The Hall–Kier alpha value is -1.61. The summed E-state index contributed by atoms with van der Waals surface area (Å²) in [5, 5.41) is 14.0. The molecule has 0 aliphatic carbocycles. The second-order valence-electron chi connectivity index (χ2n) is 5.04. The van der Waals surface area contributed by atoms with Gasteiger partial charge < -0.3 is 5.11 Å². The van der Waals surface area contributed by atoms with E-state index >= 15 is 0 Å². The van der Waals surface area contributed by atoms with Crippen LogP contribution in [0.15, 0.2) is 36.4 Å². The minimum absolute atomic E-state index is 0.211. The number of rotatable bonds is 6. The maximum atomic E-state index is 9.59. The molecule has 0 saturated heterocycles. The molecule has 2 aromatic rings. The first-order chi connectivity index (χ1) is 9.22. The summed E-state index contributed by atoms with van der Waals surface area (Å²) in [5.41, 5.74) is 3.55. The van der Waals surface area contributed by atoms with Crippen LogP contribution in [0.3, 0.4) is 0 Å². The Kier molecular flexibility index (Phi) is 4.74. The molecule has 19 heavy (non-hydrogen) atoms. The summed E-state index contributed by atoms with van der Waals surface area (Å²) in [6.45, 7) is 5.21. The fourth-order valence-electron chi connectivity index (χ4n) is 2.48. The highest BCUT2D eigenvalue weighted by Gasteiger charge is 2.13. The molecule has 0 saturated carbocycles. The highest BCUT2D eigenvalue weighted by Crippen LogP contribution is 2.15. The monoisotopic (exact) mass is 258 g/mol. The van der Waals surface area contributed by atoms with Gasteiger partial charge in [0, 0.05) is 18.8 Å². The van der Waals surface area contributed by atoms with Crippen molar-refractivity contribution in [3.63, 3.8) is 0 Å². The zero-order valence-corrected chi connectivity index (χ0v) is 11.7. The number of aliphatic hydroxyl groups is 1. The molecule has 1 aromatic carbocycles. The van der Waals surface area contributed by atoms with Gasteiger partial charge in [-0.3, -0.25) is 4.68 Å². The van der Waals surface area contributed by atoms with Crippen molar-refractivity contribution in [3.8, 4) is 0 Å². The first-order valence-electron chi connectivity index (χ1n) is 6.91. The molecule has 0 fully saturated rings. The lowest BCUT2D eigenvalue weighted by atomic mass is 9.95. The Labute approximate surface area is 114 Å². The van der Waals surface area contributed by atoms with Crippen molar-refractivity contribution < 1.29 is 5.11 Å². The Bertz CT molecular complexity index is 505. The molecular formula is C16H22N2O. The number of benzene rings is 1. The molecule has 1 aromatic heterocycles.